The fourth-order valence-electron chi connectivity index (χ4n) is 3.67. The Morgan fingerprint density at radius 2 is 2.20 bits per heavy atom. The van der Waals surface area contributed by atoms with E-state index < -0.39 is 0 Å². The third kappa shape index (κ3) is 2.68. The normalized spacial score (nSPS) is 20.6. The van der Waals surface area contributed by atoms with Gasteiger partial charge < -0.3 is 4.90 Å². The van der Waals surface area contributed by atoms with E-state index >= 15 is 0 Å². The van der Waals surface area contributed by atoms with Crippen LogP contribution in [0.2, 0.25) is 0 Å². The number of likely N-dealkylation sites (tertiary alicyclic amines) is 1. The average Bonchev–Trinajstić information content (AvgIpc) is 3.33. The van der Waals surface area contributed by atoms with E-state index in [1.54, 1.807) is 28.0 Å². The maximum atomic E-state index is 12.2. The van der Waals surface area contributed by atoms with Crippen LogP contribution in [-0.4, -0.2) is 20.9 Å². The molecule has 1 aliphatic heterocycles. The molecule has 4 aromatic rings. The number of rotatable bonds is 3. The summed E-state index contributed by atoms with van der Waals surface area (Å²) in [6.45, 7) is 1.89. The Hall–Kier alpha value is -2.09. The van der Waals surface area contributed by atoms with Crippen LogP contribution >= 0.6 is 22.7 Å². The van der Waals surface area contributed by atoms with E-state index in [1.165, 1.54) is 32.4 Å². The highest BCUT2D eigenvalue weighted by Crippen LogP contribution is 2.28. The second kappa shape index (κ2) is 6.01. The highest BCUT2D eigenvalue weighted by molar-refractivity contribution is 7.18. The Kier molecular flexibility index (Phi) is 3.65. The van der Waals surface area contributed by atoms with Crippen LogP contribution in [0.4, 0.5) is 0 Å². The molecule has 0 spiro atoms. The van der Waals surface area contributed by atoms with Crippen LogP contribution in [0.25, 0.3) is 15.2 Å². The molecule has 25 heavy (non-hydrogen) atoms. The Balaban J connectivity index is 1.46. The molecule has 0 radical (unpaired) electrons. The van der Waals surface area contributed by atoms with Crippen molar-refractivity contribution in [2.75, 3.05) is 6.54 Å². The van der Waals surface area contributed by atoms with Crippen molar-refractivity contribution in [2.45, 2.75) is 25.4 Å². The minimum Gasteiger partial charge on any atom is -0.322 e. The van der Waals surface area contributed by atoms with Crippen molar-refractivity contribution in [3.05, 3.63) is 63.0 Å². The van der Waals surface area contributed by atoms with Gasteiger partial charge in [-0.1, -0.05) is 12.1 Å². The lowest BCUT2D eigenvalue weighted by Gasteiger charge is -2.19. The van der Waals surface area contributed by atoms with E-state index in [2.05, 4.69) is 23.2 Å². The van der Waals surface area contributed by atoms with Crippen LogP contribution in [0.1, 0.15) is 29.6 Å². The van der Waals surface area contributed by atoms with Gasteiger partial charge in [-0.05, 0) is 12.1 Å². The molecule has 126 valence electrons. The first-order valence-corrected chi connectivity index (χ1v) is 10.1. The molecule has 0 saturated carbocycles. The summed E-state index contributed by atoms with van der Waals surface area (Å²) in [6.07, 6.45) is 4.12. The molecule has 3 aromatic heterocycles. The van der Waals surface area contributed by atoms with Gasteiger partial charge in [-0.3, -0.25) is 9.20 Å². The SMILES string of the molecule is O=c1cc(C[NH+]2CCC[C@H]2c2nc3ccccc3s2)nc2sccn12. The molecule has 0 amide bonds. The number of hydrogen-bond acceptors (Lipinski definition) is 5. The van der Waals surface area contributed by atoms with Crippen molar-refractivity contribution in [2.24, 2.45) is 0 Å². The summed E-state index contributed by atoms with van der Waals surface area (Å²) in [4.78, 5) is 24.0. The summed E-state index contributed by atoms with van der Waals surface area (Å²) in [6, 6.07) is 10.4. The second-order valence-corrected chi connectivity index (χ2v) is 8.38. The van der Waals surface area contributed by atoms with Crippen LogP contribution in [0.5, 0.6) is 0 Å². The summed E-state index contributed by atoms with van der Waals surface area (Å²) in [5, 5.41) is 3.11. The second-order valence-electron chi connectivity index (χ2n) is 6.44. The van der Waals surface area contributed by atoms with Gasteiger partial charge in [0.25, 0.3) is 5.56 Å². The van der Waals surface area contributed by atoms with Crippen molar-refractivity contribution in [1.82, 2.24) is 14.4 Å². The first-order chi connectivity index (χ1) is 12.3. The number of nitrogens with one attached hydrogen (secondary N) is 1. The fourth-order valence-corrected chi connectivity index (χ4v) is 5.57. The van der Waals surface area contributed by atoms with Gasteiger partial charge in [0.15, 0.2) is 9.97 Å². The average molecular weight is 369 g/mol. The molecule has 1 fully saturated rings. The predicted molar refractivity (Wildman–Crippen MR) is 100 cm³/mol. The summed E-state index contributed by atoms with van der Waals surface area (Å²) in [5.41, 5.74) is 1.98. The Labute approximate surface area is 152 Å². The van der Waals surface area contributed by atoms with Gasteiger partial charge in [0.1, 0.15) is 18.3 Å². The standard InChI is InChI=1S/C18H16N4OS2/c23-16-10-12(19-18-22(16)8-9-24-18)11-21-7-3-5-14(21)17-20-13-4-1-2-6-15(13)25-17/h1-2,4,6,8-10,14H,3,5,7,11H2/p+1/t14-/m0/s1. The maximum Gasteiger partial charge on any atom is 0.258 e. The lowest BCUT2D eigenvalue weighted by molar-refractivity contribution is -0.932. The molecule has 4 heterocycles. The first kappa shape index (κ1) is 15.2. The highest BCUT2D eigenvalue weighted by Gasteiger charge is 2.33. The van der Waals surface area contributed by atoms with Crippen LogP contribution in [0.3, 0.4) is 0 Å². The van der Waals surface area contributed by atoms with Crippen LogP contribution < -0.4 is 10.5 Å². The van der Waals surface area contributed by atoms with Gasteiger partial charge in [0.2, 0.25) is 0 Å². The van der Waals surface area contributed by atoms with Gasteiger partial charge in [-0.15, -0.1) is 22.7 Å². The number of para-hydroxylation sites is 1. The Morgan fingerprint density at radius 3 is 3.12 bits per heavy atom. The van der Waals surface area contributed by atoms with Crippen molar-refractivity contribution in [3.8, 4) is 0 Å². The minimum absolute atomic E-state index is 0.0105. The van der Waals surface area contributed by atoms with Crippen molar-refractivity contribution < 1.29 is 4.90 Å². The zero-order chi connectivity index (χ0) is 16.8. The molecule has 0 bridgehead atoms. The quantitative estimate of drug-likeness (QED) is 0.603. The number of fused-ring (bicyclic) bond motifs is 2. The molecule has 5 nitrogen and oxygen atoms in total. The molecule has 1 unspecified atom stereocenters. The largest absolute Gasteiger partial charge is 0.322 e. The first-order valence-electron chi connectivity index (χ1n) is 8.44. The maximum absolute atomic E-state index is 12.2. The zero-order valence-electron chi connectivity index (χ0n) is 13.5. The zero-order valence-corrected chi connectivity index (χ0v) is 15.1. The van der Waals surface area contributed by atoms with E-state index in [1.807, 2.05) is 11.4 Å². The van der Waals surface area contributed by atoms with Gasteiger partial charge in [0.05, 0.1) is 16.8 Å². The molecule has 2 atom stereocenters. The summed E-state index contributed by atoms with van der Waals surface area (Å²) < 4.78 is 2.86. The number of hydrogen-bond donors (Lipinski definition) is 1. The molecular weight excluding hydrogens is 352 g/mol. The third-order valence-electron chi connectivity index (χ3n) is 4.86. The lowest BCUT2D eigenvalue weighted by Crippen LogP contribution is -3.09. The van der Waals surface area contributed by atoms with E-state index in [9.17, 15) is 4.79 Å². The molecular formula is C18H17N4OS2+. The molecule has 1 aromatic carbocycles. The number of aromatic nitrogens is 3. The molecule has 1 aliphatic rings. The van der Waals surface area contributed by atoms with E-state index in [0.717, 1.165) is 35.7 Å². The number of thiazole rings is 2. The summed E-state index contributed by atoms with van der Waals surface area (Å²) in [7, 11) is 0. The molecule has 5 rings (SSSR count). The molecule has 0 aliphatic carbocycles. The topological polar surface area (TPSA) is 51.7 Å². The number of nitrogens with zero attached hydrogens (tertiary/aromatic N) is 3. The summed E-state index contributed by atoms with van der Waals surface area (Å²) in [5.74, 6) is 0. The molecule has 1 N–H and O–H groups in total. The predicted octanol–water partition coefficient (Wildman–Crippen LogP) is 2.29. The fraction of sp³-hybridized carbons (Fsp3) is 0.278. The van der Waals surface area contributed by atoms with Crippen LogP contribution in [0.15, 0.2) is 46.7 Å². The lowest BCUT2D eigenvalue weighted by atomic mass is 10.2. The van der Waals surface area contributed by atoms with Crippen LogP contribution in [-0.2, 0) is 6.54 Å². The minimum atomic E-state index is 0.0105. The Bertz CT molecular complexity index is 1080. The molecule has 1 saturated heterocycles. The monoisotopic (exact) mass is 369 g/mol. The van der Waals surface area contributed by atoms with Gasteiger partial charge in [-0.2, -0.15) is 0 Å². The van der Waals surface area contributed by atoms with Crippen molar-refractivity contribution in [3.63, 3.8) is 0 Å². The van der Waals surface area contributed by atoms with E-state index in [4.69, 9.17) is 4.98 Å². The number of quaternary nitrogens is 1. The Morgan fingerprint density at radius 1 is 1.28 bits per heavy atom. The number of benzene rings is 1. The van der Waals surface area contributed by atoms with E-state index in [-0.39, 0.29) is 5.56 Å². The highest BCUT2D eigenvalue weighted by atomic mass is 32.1. The smallest absolute Gasteiger partial charge is 0.258 e. The van der Waals surface area contributed by atoms with Crippen molar-refractivity contribution >= 4 is 37.9 Å². The van der Waals surface area contributed by atoms with Crippen LogP contribution in [0, 0.1) is 0 Å². The van der Waals surface area contributed by atoms with Gasteiger partial charge in [0, 0.05) is 30.5 Å². The van der Waals surface area contributed by atoms with Gasteiger partial charge in [-0.25, -0.2) is 9.97 Å². The third-order valence-corrected chi connectivity index (χ3v) is 6.76. The van der Waals surface area contributed by atoms with E-state index in [0.29, 0.717) is 6.04 Å². The van der Waals surface area contributed by atoms with Crippen molar-refractivity contribution in [1.29, 1.82) is 0 Å². The summed E-state index contributed by atoms with van der Waals surface area (Å²) >= 11 is 3.31. The molecule has 7 heteroatoms. The van der Waals surface area contributed by atoms with Gasteiger partial charge >= 0.3 is 0 Å².